The molecule has 1 aliphatic heterocycles. The molecule has 0 bridgehead atoms. The summed E-state index contributed by atoms with van der Waals surface area (Å²) in [7, 11) is 0. The highest BCUT2D eigenvalue weighted by atomic mass is 16.2. The van der Waals surface area contributed by atoms with E-state index in [0.29, 0.717) is 31.6 Å². The number of nitrogens with zero attached hydrogens (tertiary/aromatic N) is 5. The van der Waals surface area contributed by atoms with E-state index in [1.54, 1.807) is 9.42 Å². The number of primary amides is 1. The fourth-order valence-electron chi connectivity index (χ4n) is 4.04. The van der Waals surface area contributed by atoms with E-state index in [-0.39, 0.29) is 23.7 Å². The Hall–Kier alpha value is -3.23. The van der Waals surface area contributed by atoms with Crippen molar-refractivity contribution >= 4 is 17.5 Å². The number of rotatable bonds is 4. The zero-order chi connectivity index (χ0) is 20.7. The Morgan fingerprint density at radius 2 is 2.00 bits per heavy atom. The lowest BCUT2D eigenvalue weighted by Gasteiger charge is -2.30. The topological polar surface area (TPSA) is 122 Å². The number of aryl methyl sites for hydroxylation is 1. The van der Waals surface area contributed by atoms with Crippen LogP contribution in [0.5, 0.6) is 0 Å². The van der Waals surface area contributed by atoms with Crippen molar-refractivity contribution in [1.82, 2.24) is 29.7 Å². The van der Waals surface area contributed by atoms with Crippen molar-refractivity contribution in [3.8, 4) is 11.3 Å². The monoisotopic (exact) mass is 395 g/mol. The number of piperidine rings is 1. The van der Waals surface area contributed by atoms with Crippen LogP contribution in [0, 0.1) is 12.8 Å². The van der Waals surface area contributed by atoms with Crippen LogP contribution in [-0.2, 0) is 4.79 Å². The fraction of sp³-hybridized carbons (Fsp3) is 0.450. The van der Waals surface area contributed by atoms with Crippen molar-refractivity contribution < 1.29 is 9.59 Å². The highest BCUT2D eigenvalue weighted by Crippen LogP contribution is 2.32. The van der Waals surface area contributed by atoms with Crippen LogP contribution in [0.2, 0.25) is 0 Å². The number of aromatic nitrogens is 5. The maximum atomic E-state index is 13.2. The maximum absolute atomic E-state index is 13.2. The Labute approximate surface area is 168 Å². The van der Waals surface area contributed by atoms with Gasteiger partial charge >= 0.3 is 0 Å². The molecule has 0 aromatic carbocycles. The van der Waals surface area contributed by atoms with Crippen LogP contribution in [0.3, 0.4) is 0 Å². The van der Waals surface area contributed by atoms with Crippen LogP contribution in [0.1, 0.15) is 54.2 Å². The number of nitrogens with two attached hydrogens (primary N) is 1. The average molecular weight is 395 g/mol. The van der Waals surface area contributed by atoms with Crippen molar-refractivity contribution in [2.75, 3.05) is 13.1 Å². The predicted molar refractivity (Wildman–Crippen MR) is 107 cm³/mol. The number of carbonyl (C=O) groups is 2. The van der Waals surface area contributed by atoms with Crippen molar-refractivity contribution in [3.63, 3.8) is 0 Å². The second kappa shape index (κ2) is 7.31. The lowest BCUT2D eigenvalue weighted by Crippen LogP contribution is -2.42. The second-order valence-electron chi connectivity index (χ2n) is 7.92. The van der Waals surface area contributed by atoms with Gasteiger partial charge in [-0.15, -0.1) is 0 Å². The molecule has 0 saturated carbocycles. The predicted octanol–water partition coefficient (Wildman–Crippen LogP) is 1.89. The molecule has 2 amide bonds. The summed E-state index contributed by atoms with van der Waals surface area (Å²) in [4.78, 5) is 30.6. The molecule has 1 aliphatic rings. The highest BCUT2D eigenvalue weighted by Gasteiger charge is 2.30. The van der Waals surface area contributed by atoms with E-state index in [4.69, 9.17) is 5.73 Å². The first-order valence-corrected chi connectivity index (χ1v) is 9.84. The number of pyridine rings is 1. The minimum Gasteiger partial charge on any atom is -0.369 e. The van der Waals surface area contributed by atoms with Gasteiger partial charge in [0.2, 0.25) is 5.91 Å². The molecule has 9 nitrogen and oxygen atoms in total. The van der Waals surface area contributed by atoms with E-state index in [9.17, 15) is 9.59 Å². The second-order valence-corrected chi connectivity index (χ2v) is 7.92. The summed E-state index contributed by atoms with van der Waals surface area (Å²) in [5.74, 6) is -0.466. The Kier molecular flexibility index (Phi) is 4.81. The van der Waals surface area contributed by atoms with Crippen LogP contribution >= 0.6 is 0 Å². The van der Waals surface area contributed by atoms with Crippen molar-refractivity contribution in [3.05, 3.63) is 35.4 Å². The van der Waals surface area contributed by atoms with Gasteiger partial charge in [0.25, 0.3) is 5.91 Å². The number of nitrogens with one attached hydrogen (secondary N) is 1. The number of H-pyrrole nitrogens is 1. The number of amides is 2. The van der Waals surface area contributed by atoms with Crippen LogP contribution in [0.4, 0.5) is 0 Å². The largest absolute Gasteiger partial charge is 0.369 e. The quantitative estimate of drug-likeness (QED) is 0.698. The van der Waals surface area contributed by atoms with Gasteiger partial charge in [0, 0.05) is 36.3 Å². The molecule has 3 aromatic rings. The smallest absolute Gasteiger partial charge is 0.274 e. The number of hydrogen-bond acceptors (Lipinski definition) is 5. The normalized spacial score (nSPS) is 15.4. The minimum absolute atomic E-state index is 0.0950. The molecule has 152 valence electrons. The van der Waals surface area contributed by atoms with Crippen molar-refractivity contribution in [1.29, 1.82) is 0 Å². The standard InChI is InChI=1S/C20H25N7O2/c1-11(2)15-16(14-8-12(3)19-22-10-23-27(19)9-14)24-25-17(15)20(29)26-6-4-13(5-7-26)18(21)28/h8-11,13H,4-7H2,1-3H3,(H2,21,28)(H,24,25). The summed E-state index contributed by atoms with van der Waals surface area (Å²) in [6.45, 7) is 7.09. The first-order valence-electron chi connectivity index (χ1n) is 9.84. The maximum Gasteiger partial charge on any atom is 0.274 e. The summed E-state index contributed by atoms with van der Waals surface area (Å²) >= 11 is 0. The number of carbonyl (C=O) groups excluding carboxylic acids is 2. The van der Waals surface area contributed by atoms with E-state index in [1.165, 1.54) is 6.33 Å². The summed E-state index contributed by atoms with van der Waals surface area (Å²) in [5.41, 5.74) is 10.2. The summed E-state index contributed by atoms with van der Waals surface area (Å²) in [6, 6.07) is 2.02. The summed E-state index contributed by atoms with van der Waals surface area (Å²) < 4.78 is 1.73. The molecule has 0 spiro atoms. The van der Waals surface area contributed by atoms with Crippen molar-refractivity contribution in [2.24, 2.45) is 11.7 Å². The van der Waals surface area contributed by atoms with E-state index in [2.05, 4.69) is 20.3 Å². The number of hydrogen-bond donors (Lipinski definition) is 2. The lowest BCUT2D eigenvalue weighted by atomic mass is 9.94. The zero-order valence-electron chi connectivity index (χ0n) is 16.8. The molecule has 1 fully saturated rings. The van der Waals surface area contributed by atoms with Gasteiger partial charge in [0.15, 0.2) is 11.3 Å². The van der Waals surface area contributed by atoms with Gasteiger partial charge in [-0.05, 0) is 37.3 Å². The third-order valence-corrected chi connectivity index (χ3v) is 5.62. The van der Waals surface area contributed by atoms with Gasteiger partial charge < -0.3 is 10.6 Å². The lowest BCUT2D eigenvalue weighted by molar-refractivity contribution is -0.123. The average Bonchev–Trinajstić information content (AvgIpc) is 3.34. The SMILES string of the molecule is Cc1cc(-c2[nH]nc(C(=O)N3CCC(C(N)=O)CC3)c2C(C)C)cn2ncnc12. The Bertz CT molecular complexity index is 1070. The van der Waals surface area contributed by atoms with Crippen LogP contribution in [-0.4, -0.2) is 54.6 Å². The molecule has 4 rings (SSSR count). The molecule has 1 saturated heterocycles. The zero-order valence-corrected chi connectivity index (χ0v) is 16.8. The fourth-order valence-corrected chi connectivity index (χ4v) is 4.04. The molecular weight excluding hydrogens is 370 g/mol. The Morgan fingerprint density at radius 3 is 2.66 bits per heavy atom. The molecule has 4 heterocycles. The highest BCUT2D eigenvalue weighted by molar-refractivity contribution is 5.96. The van der Waals surface area contributed by atoms with Gasteiger partial charge in [-0.2, -0.15) is 10.2 Å². The first-order chi connectivity index (χ1) is 13.9. The summed E-state index contributed by atoms with van der Waals surface area (Å²) in [5, 5.41) is 11.7. The number of likely N-dealkylation sites (tertiary alicyclic amines) is 1. The van der Waals surface area contributed by atoms with Gasteiger partial charge in [-0.25, -0.2) is 9.50 Å². The van der Waals surface area contributed by atoms with Gasteiger partial charge in [0.1, 0.15) is 6.33 Å². The van der Waals surface area contributed by atoms with Crippen LogP contribution in [0.15, 0.2) is 18.6 Å². The van der Waals surface area contributed by atoms with Crippen LogP contribution in [0.25, 0.3) is 16.9 Å². The molecule has 3 aromatic heterocycles. The number of aromatic amines is 1. The summed E-state index contributed by atoms with van der Waals surface area (Å²) in [6.07, 6.45) is 4.60. The van der Waals surface area contributed by atoms with E-state index < -0.39 is 0 Å². The van der Waals surface area contributed by atoms with Gasteiger partial charge in [-0.3, -0.25) is 14.7 Å². The molecule has 0 radical (unpaired) electrons. The first kappa shape index (κ1) is 19.1. The van der Waals surface area contributed by atoms with E-state index in [1.807, 2.05) is 33.0 Å². The molecule has 0 aliphatic carbocycles. The Morgan fingerprint density at radius 1 is 1.28 bits per heavy atom. The molecule has 9 heteroatoms. The molecule has 0 atom stereocenters. The molecule has 3 N–H and O–H groups in total. The number of fused-ring (bicyclic) bond motifs is 1. The molecule has 0 unspecified atom stereocenters. The van der Waals surface area contributed by atoms with Crippen LogP contribution < -0.4 is 5.73 Å². The third kappa shape index (κ3) is 3.37. The minimum atomic E-state index is -0.291. The molecule has 29 heavy (non-hydrogen) atoms. The van der Waals surface area contributed by atoms with E-state index in [0.717, 1.165) is 28.0 Å². The van der Waals surface area contributed by atoms with Crippen molar-refractivity contribution in [2.45, 2.75) is 39.5 Å². The third-order valence-electron chi connectivity index (χ3n) is 5.62. The Balaban J connectivity index is 1.68. The van der Waals surface area contributed by atoms with Gasteiger partial charge in [0.05, 0.1) is 5.69 Å². The van der Waals surface area contributed by atoms with Gasteiger partial charge in [-0.1, -0.05) is 13.8 Å². The molecular formula is C20H25N7O2. The van der Waals surface area contributed by atoms with E-state index >= 15 is 0 Å².